The number of aromatic amines is 1. The van der Waals surface area contributed by atoms with Gasteiger partial charge in [0.1, 0.15) is 6.07 Å². The summed E-state index contributed by atoms with van der Waals surface area (Å²) in [6, 6.07) is 27.4. The number of hydrogen-bond donors (Lipinski definition) is 1. The standard InChI is InChI=1S/C29H23N5OS/c1-2-16-36-24-14-12-20(13-15-24)27-22(19-34(33-27)23-8-4-3-5-9-23)17-21(18-30)28-31-26-11-7-6-10-25(26)29(35)32-28/h3-15,17,19H,2,16H2,1H3,(H,31,32,35). The molecule has 0 aliphatic heterocycles. The van der Waals surface area contributed by atoms with E-state index in [-0.39, 0.29) is 17.0 Å². The first-order chi connectivity index (χ1) is 17.7. The molecule has 7 heteroatoms. The van der Waals surface area contributed by atoms with Gasteiger partial charge in [-0.2, -0.15) is 10.4 Å². The zero-order valence-electron chi connectivity index (χ0n) is 19.7. The quantitative estimate of drug-likeness (QED) is 0.213. The van der Waals surface area contributed by atoms with Crippen LogP contribution in [0.3, 0.4) is 0 Å². The predicted molar refractivity (Wildman–Crippen MR) is 146 cm³/mol. The molecule has 3 aromatic carbocycles. The number of benzene rings is 3. The van der Waals surface area contributed by atoms with Crippen molar-refractivity contribution >= 4 is 34.3 Å². The molecule has 36 heavy (non-hydrogen) atoms. The first-order valence-corrected chi connectivity index (χ1v) is 12.6. The van der Waals surface area contributed by atoms with Crippen molar-refractivity contribution in [3.8, 4) is 23.0 Å². The Kier molecular flexibility index (Phi) is 6.78. The molecule has 5 aromatic rings. The molecule has 0 atom stereocenters. The highest BCUT2D eigenvalue weighted by molar-refractivity contribution is 7.99. The molecule has 0 amide bonds. The van der Waals surface area contributed by atoms with Crippen LogP contribution in [0.2, 0.25) is 0 Å². The molecule has 0 aliphatic carbocycles. The van der Waals surface area contributed by atoms with Crippen LogP contribution in [0.5, 0.6) is 0 Å². The highest BCUT2D eigenvalue weighted by Gasteiger charge is 2.14. The second-order valence-corrected chi connectivity index (χ2v) is 9.36. The van der Waals surface area contributed by atoms with Crippen molar-refractivity contribution in [1.29, 1.82) is 5.26 Å². The van der Waals surface area contributed by atoms with Crippen molar-refractivity contribution in [3.05, 3.63) is 107 Å². The van der Waals surface area contributed by atoms with Gasteiger partial charge in [-0.1, -0.05) is 49.4 Å². The SMILES string of the molecule is CCCSc1ccc(-c2nn(-c3ccccc3)cc2C=C(C#N)c2nc3ccccc3c(=O)[nH]2)cc1. The zero-order chi connectivity index (χ0) is 24.9. The first kappa shape index (κ1) is 23.3. The van der Waals surface area contributed by atoms with E-state index in [1.165, 1.54) is 4.90 Å². The number of nitrogens with zero attached hydrogens (tertiary/aromatic N) is 4. The molecular formula is C29H23N5OS. The fraction of sp³-hybridized carbons (Fsp3) is 0.103. The summed E-state index contributed by atoms with van der Waals surface area (Å²) in [5.74, 6) is 1.30. The maximum Gasteiger partial charge on any atom is 0.259 e. The van der Waals surface area contributed by atoms with E-state index in [9.17, 15) is 10.1 Å². The van der Waals surface area contributed by atoms with Crippen molar-refractivity contribution in [2.24, 2.45) is 0 Å². The summed E-state index contributed by atoms with van der Waals surface area (Å²) in [7, 11) is 0. The van der Waals surface area contributed by atoms with Crippen molar-refractivity contribution in [2.45, 2.75) is 18.2 Å². The van der Waals surface area contributed by atoms with Crippen LogP contribution in [-0.4, -0.2) is 25.5 Å². The van der Waals surface area contributed by atoms with E-state index in [1.54, 1.807) is 29.0 Å². The predicted octanol–water partition coefficient (Wildman–Crippen LogP) is 6.34. The monoisotopic (exact) mass is 489 g/mol. The summed E-state index contributed by atoms with van der Waals surface area (Å²) >= 11 is 1.82. The third kappa shape index (κ3) is 4.85. The molecule has 0 radical (unpaired) electrons. The Morgan fingerprint density at radius 2 is 1.81 bits per heavy atom. The summed E-state index contributed by atoms with van der Waals surface area (Å²) in [6.07, 6.45) is 4.74. The van der Waals surface area contributed by atoms with Crippen LogP contribution >= 0.6 is 11.8 Å². The number of fused-ring (bicyclic) bond motifs is 1. The van der Waals surface area contributed by atoms with Gasteiger partial charge < -0.3 is 4.98 Å². The molecule has 2 heterocycles. The molecule has 5 rings (SSSR count). The van der Waals surface area contributed by atoms with E-state index in [0.29, 0.717) is 10.9 Å². The van der Waals surface area contributed by atoms with Gasteiger partial charge in [-0.15, -0.1) is 11.8 Å². The molecule has 0 saturated heterocycles. The molecular weight excluding hydrogens is 466 g/mol. The zero-order valence-corrected chi connectivity index (χ0v) is 20.5. The average molecular weight is 490 g/mol. The topological polar surface area (TPSA) is 87.4 Å². The lowest BCUT2D eigenvalue weighted by atomic mass is 10.1. The van der Waals surface area contributed by atoms with Crippen molar-refractivity contribution in [3.63, 3.8) is 0 Å². The van der Waals surface area contributed by atoms with Crippen molar-refractivity contribution in [2.75, 3.05) is 5.75 Å². The Morgan fingerprint density at radius 1 is 1.06 bits per heavy atom. The van der Waals surface area contributed by atoms with Crippen LogP contribution in [0.1, 0.15) is 24.7 Å². The Hall–Kier alpha value is -4.41. The Labute approximate surface area is 213 Å². The molecule has 0 saturated carbocycles. The number of nitriles is 1. The van der Waals surface area contributed by atoms with Gasteiger partial charge in [0.05, 0.1) is 27.9 Å². The van der Waals surface area contributed by atoms with E-state index >= 15 is 0 Å². The van der Waals surface area contributed by atoms with Gasteiger partial charge in [0.15, 0.2) is 5.82 Å². The largest absolute Gasteiger partial charge is 0.305 e. The minimum absolute atomic E-state index is 0.228. The molecule has 0 fully saturated rings. The second-order valence-electron chi connectivity index (χ2n) is 8.19. The number of para-hydroxylation sites is 2. The smallest absolute Gasteiger partial charge is 0.259 e. The van der Waals surface area contributed by atoms with E-state index in [4.69, 9.17) is 5.10 Å². The number of rotatable bonds is 7. The fourth-order valence-electron chi connectivity index (χ4n) is 3.88. The van der Waals surface area contributed by atoms with E-state index in [1.807, 2.05) is 54.4 Å². The molecule has 1 N–H and O–H groups in total. The maximum absolute atomic E-state index is 12.6. The number of hydrogen-bond acceptors (Lipinski definition) is 5. The van der Waals surface area contributed by atoms with Crippen molar-refractivity contribution < 1.29 is 0 Å². The summed E-state index contributed by atoms with van der Waals surface area (Å²) in [6.45, 7) is 2.17. The van der Waals surface area contributed by atoms with Crippen LogP contribution in [0.25, 0.3) is 39.5 Å². The van der Waals surface area contributed by atoms with Crippen LogP contribution in [0, 0.1) is 11.3 Å². The Bertz CT molecular complexity index is 1640. The lowest BCUT2D eigenvalue weighted by molar-refractivity contribution is 0.884. The summed E-state index contributed by atoms with van der Waals surface area (Å²) in [5, 5.41) is 15.3. The van der Waals surface area contributed by atoms with Gasteiger partial charge in [-0.05, 0) is 54.6 Å². The molecule has 0 bridgehead atoms. The molecule has 2 aromatic heterocycles. The summed E-state index contributed by atoms with van der Waals surface area (Å²) in [5.41, 5.74) is 3.84. The fourth-order valence-corrected chi connectivity index (χ4v) is 4.65. The maximum atomic E-state index is 12.6. The normalized spacial score (nSPS) is 11.5. The van der Waals surface area contributed by atoms with Crippen LogP contribution in [0.15, 0.2) is 94.7 Å². The van der Waals surface area contributed by atoms with Crippen LogP contribution in [0.4, 0.5) is 0 Å². The van der Waals surface area contributed by atoms with Gasteiger partial charge in [0.25, 0.3) is 5.56 Å². The van der Waals surface area contributed by atoms with E-state index in [2.05, 4.69) is 47.2 Å². The van der Waals surface area contributed by atoms with E-state index < -0.39 is 0 Å². The van der Waals surface area contributed by atoms with Gasteiger partial charge in [0, 0.05) is 22.2 Å². The number of aromatic nitrogens is 4. The molecule has 0 aliphatic rings. The number of allylic oxidation sites excluding steroid dienone is 1. The molecule has 6 nitrogen and oxygen atoms in total. The average Bonchev–Trinajstić information content (AvgIpc) is 3.35. The molecule has 0 unspecified atom stereocenters. The highest BCUT2D eigenvalue weighted by atomic mass is 32.2. The molecule has 0 spiro atoms. The van der Waals surface area contributed by atoms with Gasteiger partial charge >= 0.3 is 0 Å². The first-order valence-electron chi connectivity index (χ1n) is 11.7. The number of nitrogens with one attached hydrogen (secondary N) is 1. The molecule has 176 valence electrons. The summed E-state index contributed by atoms with van der Waals surface area (Å²) < 4.78 is 1.80. The van der Waals surface area contributed by atoms with Crippen molar-refractivity contribution in [1.82, 2.24) is 19.7 Å². The van der Waals surface area contributed by atoms with Crippen LogP contribution < -0.4 is 5.56 Å². The Morgan fingerprint density at radius 3 is 2.56 bits per heavy atom. The van der Waals surface area contributed by atoms with Gasteiger partial charge in [-0.25, -0.2) is 9.67 Å². The lowest BCUT2D eigenvalue weighted by Crippen LogP contribution is -2.11. The Balaban J connectivity index is 1.62. The number of thioether (sulfide) groups is 1. The van der Waals surface area contributed by atoms with Gasteiger partial charge in [0.2, 0.25) is 0 Å². The van der Waals surface area contributed by atoms with Crippen LogP contribution in [-0.2, 0) is 0 Å². The number of H-pyrrole nitrogens is 1. The van der Waals surface area contributed by atoms with E-state index in [0.717, 1.165) is 34.7 Å². The summed E-state index contributed by atoms with van der Waals surface area (Å²) in [4.78, 5) is 21.1. The highest BCUT2D eigenvalue weighted by Crippen LogP contribution is 2.29. The van der Waals surface area contributed by atoms with Gasteiger partial charge in [-0.3, -0.25) is 4.79 Å². The minimum atomic E-state index is -0.280. The second kappa shape index (κ2) is 10.5. The third-order valence-electron chi connectivity index (χ3n) is 5.65. The lowest BCUT2D eigenvalue weighted by Gasteiger charge is -2.04. The minimum Gasteiger partial charge on any atom is -0.305 e. The third-order valence-corrected chi connectivity index (χ3v) is 6.87.